The predicted octanol–water partition coefficient (Wildman–Crippen LogP) is 4.26. The molecule has 176 valence electrons. The Morgan fingerprint density at radius 1 is 0.943 bits per heavy atom. The maximum atomic E-state index is 13.7. The Morgan fingerprint density at radius 2 is 1.63 bits per heavy atom. The molecular weight excluding hydrogens is 460 g/mol. The van der Waals surface area contributed by atoms with Crippen LogP contribution in [0.15, 0.2) is 87.7 Å². The molecule has 0 bridgehead atoms. The van der Waals surface area contributed by atoms with Crippen LogP contribution in [0.25, 0.3) is 22.2 Å². The highest BCUT2D eigenvalue weighted by Crippen LogP contribution is 2.35. The number of aromatic nitrogens is 3. The molecule has 0 spiro atoms. The first-order valence-corrected chi connectivity index (χ1v) is 12.4. The normalized spacial score (nSPS) is 12.1. The van der Waals surface area contributed by atoms with Crippen molar-refractivity contribution in [2.45, 2.75) is 16.7 Å². The van der Waals surface area contributed by atoms with Crippen molar-refractivity contribution in [1.82, 2.24) is 14.6 Å². The Kier molecular flexibility index (Phi) is 5.49. The van der Waals surface area contributed by atoms with E-state index in [9.17, 15) is 8.42 Å². The molecule has 5 rings (SSSR count). The van der Waals surface area contributed by atoms with Crippen LogP contribution in [0.1, 0.15) is 11.1 Å². The van der Waals surface area contributed by atoms with Gasteiger partial charge in [0.1, 0.15) is 16.2 Å². The van der Waals surface area contributed by atoms with E-state index in [-0.39, 0.29) is 26.8 Å². The number of nitrogens with zero attached hydrogens (tertiary/aromatic N) is 5. The number of anilines is 2. The van der Waals surface area contributed by atoms with Crippen molar-refractivity contribution in [3.63, 3.8) is 0 Å². The van der Waals surface area contributed by atoms with E-state index in [1.807, 2.05) is 74.4 Å². The van der Waals surface area contributed by atoms with Crippen molar-refractivity contribution in [2.75, 3.05) is 24.7 Å². The van der Waals surface area contributed by atoms with Gasteiger partial charge in [0.2, 0.25) is 9.84 Å². The second-order valence-corrected chi connectivity index (χ2v) is 10.3. The van der Waals surface area contributed by atoms with Crippen molar-refractivity contribution in [2.24, 2.45) is 5.10 Å². The summed E-state index contributed by atoms with van der Waals surface area (Å²) in [7, 11) is -0.0580. The fourth-order valence-corrected chi connectivity index (χ4v) is 5.48. The molecule has 0 fully saturated rings. The summed E-state index contributed by atoms with van der Waals surface area (Å²) in [5.41, 5.74) is 10.8. The third kappa shape index (κ3) is 4.00. The van der Waals surface area contributed by atoms with Crippen LogP contribution in [-0.2, 0) is 9.84 Å². The molecule has 8 nitrogen and oxygen atoms in total. The lowest BCUT2D eigenvalue weighted by molar-refractivity contribution is 0.597. The smallest absolute Gasteiger partial charge is 0.212 e. The van der Waals surface area contributed by atoms with Crippen LogP contribution in [0.5, 0.6) is 0 Å². The Morgan fingerprint density at radius 3 is 2.29 bits per heavy atom. The van der Waals surface area contributed by atoms with Crippen LogP contribution in [0.3, 0.4) is 0 Å². The molecule has 0 saturated heterocycles. The molecule has 0 amide bonds. The van der Waals surface area contributed by atoms with Gasteiger partial charge in [-0.25, -0.2) is 18.4 Å². The third-order valence-electron chi connectivity index (χ3n) is 5.73. The topological polar surface area (TPSA) is 106 Å². The molecule has 2 heterocycles. The van der Waals surface area contributed by atoms with Crippen molar-refractivity contribution in [1.29, 1.82) is 0 Å². The van der Waals surface area contributed by atoms with Crippen LogP contribution in [-0.4, -0.2) is 43.4 Å². The van der Waals surface area contributed by atoms with E-state index in [0.717, 1.165) is 16.8 Å². The minimum atomic E-state index is -3.99. The summed E-state index contributed by atoms with van der Waals surface area (Å²) in [4.78, 5) is 11.3. The van der Waals surface area contributed by atoms with E-state index in [4.69, 9.17) is 5.73 Å². The van der Waals surface area contributed by atoms with Gasteiger partial charge in [-0.2, -0.15) is 9.78 Å². The van der Waals surface area contributed by atoms with Gasteiger partial charge in [0, 0.05) is 19.8 Å². The van der Waals surface area contributed by atoms with E-state index in [0.29, 0.717) is 11.0 Å². The van der Waals surface area contributed by atoms with E-state index in [1.54, 1.807) is 30.5 Å². The van der Waals surface area contributed by atoms with Crippen LogP contribution < -0.4 is 10.6 Å². The fourth-order valence-electron chi connectivity index (χ4n) is 3.89. The Labute approximate surface area is 203 Å². The number of fused-ring (bicyclic) bond motifs is 2. The van der Waals surface area contributed by atoms with Crippen LogP contribution >= 0.6 is 0 Å². The first kappa shape index (κ1) is 22.5. The molecule has 2 aromatic heterocycles. The number of nitrogen functional groups attached to an aromatic ring is 1. The van der Waals surface area contributed by atoms with Gasteiger partial charge in [0.25, 0.3) is 0 Å². The lowest BCUT2D eigenvalue weighted by Crippen LogP contribution is -2.08. The SMILES string of the molecule is Cc1cccc(S(=O)(=O)c2c(N)n(/N=C\c3ccc(N(C)C)cc3)c3nc4ccccc4nc23)c1. The van der Waals surface area contributed by atoms with Crippen molar-refractivity contribution in [3.05, 3.63) is 83.9 Å². The zero-order valence-corrected chi connectivity index (χ0v) is 20.4. The highest BCUT2D eigenvalue weighted by molar-refractivity contribution is 7.92. The number of hydrogen-bond acceptors (Lipinski definition) is 7. The summed E-state index contributed by atoms with van der Waals surface area (Å²) in [5.74, 6) is -0.0435. The molecular formula is C26H24N6O2S. The molecule has 9 heteroatoms. The molecule has 35 heavy (non-hydrogen) atoms. The van der Waals surface area contributed by atoms with Gasteiger partial charge in [0.15, 0.2) is 5.65 Å². The number of sulfone groups is 1. The molecule has 0 aliphatic carbocycles. The second-order valence-electron chi connectivity index (χ2n) is 8.46. The van der Waals surface area contributed by atoms with Gasteiger partial charge >= 0.3 is 0 Å². The summed E-state index contributed by atoms with van der Waals surface area (Å²) in [6, 6.07) is 21.8. The average molecular weight is 485 g/mol. The van der Waals surface area contributed by atoms with E-state index in [1.165, 1.54) is 4.68 Å². The molecule has 0 aliphatic rings. The Balaban J connectivity index is 1.74. The molecule has 0 unspecified atom stereocenters. The van der Waals surface area contributed by atoms with Crippen LogP contribution in [0, 0.1) is 6.92 Å². The van der Waals surface area contributed by atoms with Crippen LogP contribution in [0.2, 0.25) is 0 Å². The molecule has 2 N–H and O–H groups in total. The Hall–Kier alpha value is -4.24. The minimum absolute atomic E-state index is 0.0435. The van der Waals surface area contributed by atoms with Crippen LogP contribution in [0.4, 0.5) is 11.5 Å². The lowest BCUT2D eigenvalue weighted by atomic mass is 10.2. The number of benzene rings is 3. The average Bonchev–Trinajstić information content (AvgIpc) is 3.12. The molecule has 3 aromatic carbocycles. The number of aryl methyl sites for hydroxylation is 1. The minimum Gasteiger partial charge on any atom is -0.382 e. The predicted molar refractivity (Wildman–Crippen MR) is 140 cm³/mol. The third-order valence-corrected chi connectivity index (χ3v) is 7.54. The number of hydrogen-bond donors (Lipinski definition) is 1. The number of rotatable bonds is 5. The van der Waals surface area contributed by atoms with Gasteiger partial charge in [-0.1, -0.05) is 36.4 Å². The van der Waals surface area contributed by atoms with Gasteiger partial charge in [-0.15, -0.1) is 0 Å². The Bertz CT molecular complexity index is 1700. The van der Waals surface area contributed by atoms with Crippen molar-refractivity contribution < 1.29 is 8.42 Å². The van der Waals surface area contributed by atoms with Gasteiger partial charge in [-0.3, -0.25) is 0 Å². The molecule has 5 aromatic rings. The maximum Gasteiger partial charge on any atom is 0.212 e. The molecule has 0 aliphatic heterocycles. The second kappa shape index (κ2) is 8.52. The quantitative estimate of drug-likeness (QED) is 0.374. The molecule has 0 atom stereocenters. The van der Waals surface area contributed by atoms with E-state index in [2.05, 4.69) is 15.1 Å². The van der Waals surface area contributed by atoms with Gasteiger partial charge < -0.3 is 10.6 Å². The zero-order chi connectivity index (χ0) is 24.7. The lowest BCUT2D eigenvalue weighted by Gasteiger charge is -2.11. The highest BCUT2D eigenvalue weighted by Gasteiger charge is 2.30. The monoisotopic (exact) mass is 484 g/mol. The zero-order valence-electron chi connectivity index (χ0n) is 19.5. The number of nitrogens with two attached hydrogens (primary N) is 1. The fraction of sp³-hybridized carbons (Fsp3) is 0.115. The first-order chi connectivity index (χ1) is 16.8. The highest BCUT2D eigenvalue weighted by atomic mass is 32.2. The summed E-state index contributed by atoms with van der Waals surface area (Å²) in [5, 5.41) is 4.52. The molecule has 0 saturated carbocycles. The summed E-state index contributed by atoms with van der Waals surface area (Å²) in [6.07, 6.45) is 1.62. The van der Waals surface area contributed by atoms with Crippen molar-refractivity contribution >= 4 is 49.8 Å². The summed E-state index contributed by atoms with van der Waals surface area (Å²) < 4.78 is 28.8. The van der Waals surface area contributed by atoms with Gasteiger partial charge in [-0.05, 0) is 54.4 Å². The van der Waals surface area contributed by atoms with E-state index < -0.39 is 9.84 Å². The maximum absolute atomic E-state index is 13.7. The van der Waals surface area contributed by atoms with E-state index >= 15 is 0 Å². The van der Waals surface area contributed by atoms with Gasteiger partial charge in [0.05, 0.1) is 22.1 Å². The summed E-state index contributed by atoms with van der Waals surface area (Å²) >= 11 is 0. The largest absolute Gasteiger partial charge is 0.382 e. The standard InChI is InChI=1S/C26H24N6O2S/c1-17-7-6-8-20(15-17)35(33,34)24-23-26(30-22-10-5-4-9-21(22)29-23)32(25(24)27)28-16-18-11-13-19(14-12-18)31(2)3/h4-16H,27H2,1-3H3/b28-16-. The molecule has 0 radical (unpaired) electrons. The number of para-hydroxylation sites is 2. The first-order valence-electron chi connectivity index (χ1n) is 11.0. The summed E-state index contributed by atoms with van der Waals surface area (Å²) in [6.45, 7) is 1.84. The van der Waals surface area contributed by atoms with Crippen molar-refractivity contribution in [3.8, 4) is 0 Å².